The van der Waals surface area contributed by atoms with E-state index in [4.69, 9.17) is 4.98 Å². The molecule has 0 radical (unpaired) electrons. The van der Waals surface area contributed by atoms with Crippen LogP contribution in [0.4, 0.5) is 5.82 Å². The average molecular weight is 398 g/mol. The lowest BCUT2D eigenvalue weighted by Crippen LogP contribution is -2.50. The maximum atomic E-state index is 12.6. The van der Waals surface area contributed by atoms with Crippen molar-refractivity contribution in [3.05, 3.63) is 29.8 Å². The second kappa shape index (κ2) is 8.90. The summed E-state index contributed by atoms with van der Waals surface area (Å²) in [4.78, 5) is 28.4. The highest BCUT2D eigenvalue weighted by molar-refractivity contribution is 5.78. The van der Waals surface area contributed by atoms with Crippen LogP contribution in [-0.4, -0.2) is 81.3 Å². The number of likely N-dealkylation sites (tertiary alicyclic amines) is 1. The van der Waals surface area contributed by atoms with Gasteiger partial charge in [0.25, 0.3) is 0 Å². The Bertz CT molecular complexity index is 833. The van der Waals surface area contributed by atoms with Crippen LogP contribution in [0.3, 0.4) is 0 Å². The molecule has 2 saturated heterocycles. The first-order chi connectivity index (χ1) is 14.1. The highest BCUT2D eigenvalue weighted by atomic mass is 16.2. The zero-order chi connectivity index (χ0) is 20.2. The summed E-state index contributed by atoms with van der Waals surface area (Å²) >= 11 is 0. The number of piperazine rings is 1. The minimum atomic E-state index is 0.284. The number of amides is 1. The normalized spacial score (nSPS) is 18.7. The monoisotopic (exact) mass is 397 g/mol. The molecule has 0 N–H and O–H groups in total. The van der Waals surface area contributed by atoms with Crippen molar-refractivity contribution in [1.82, 2.24) is 29.5 Å². The standard InChI is InChI=1S/C21H31N7O/c1-17-13-18(2)28(24-17)20-15-22-14-19(23-20)26-11-9-25(10-12-26)16-21(29)27-7-5-3-4-6-8-27/h13-15H,3-12,16H2,1-2H3. The first kappa shape index (κ1) is 19.8. The molecular formula is C21H31N7O. The molecule has 2 aliphatic rings. The van der Waals surface area contributed by atoms with Gasteiger partial charge in [0.1, 0.15) is 5.82 Å². The molecule has 4 heterocycles. The van der Waals surface area contributed by atoms with Crippen LogP contribution in [0.2, 0.25) is 0 Å². The minimum absolute atomic E-state index is 0.284. The molecule has 0 unspecified atom stereocenters. The molecule has 1 amide bonds. The van der Waals surface area contributed by atoms with E-state index in [0.29, 0.717) is 6.54 Å². The second-order valence-electron chi connectivity index (χ2n) is 8.13. The van der Waals surface area contributed by atoms with Crippen LogP contribution in [0.5, 0.6) is 0 Å². The van der Waals surface area contributed by atoms with E-state index in [9.17, 15) is 4.79 Å². The number of hydrogen-bond acceptors (Lipinski definition) is 6. The van der Waals surface area contributed by atoms with Crippen LogP contribution in [0, 0.1) is 13.8 Å². The third kappa shape index (κ3) is 4.75. The SMILES string of the molecule is Cc1cc(C)n(-c2cncc(N3CCN(CC(=O)N4CCCCCC4)CC3)n2)n1. The van der Waals surface area contributed by atoms with E-state index in [1.807, 2.05) is 30.8 Å². The lowest BCUT2D eigenvalue weighted by molar-refractivity contribution is -0.132. The van der Waals surface area contributed by atoms with Crippen molar-refractivity contribution in [2.45, 2.75) is 39.5 Å². The van der Waals surface area contributed by atoms with Crippen LogP contribution >= 0.6 is 0 Å². The number of aromatic nitrogens is 4. The summed E-state index contributed by atoms with van der Waals surface area (Å²) in [6, 6.07) is 2.04. The number of rotatable bonds is 4. The van der Waals surface area contributed by atoms with Gasteiger partial charge in [0.15, 0.2) is 5.82 Å². The second-order valence-corrected chi connectivity index (χ2v) is 8.13. The molecule has 2 aromatic rings. The molecule has 4 rings (SSSR count). The fourth-order valence-corrected chi connectivity index (χ4v) is 4.21. The largest absolute Gasteiger partial charge is 0.353 e. The highest BCUT2D eigenvalue weighted by Crippen LogP contribution is 2.17. The van der Waals surface area contributed by atoms with Gasteiger partial charge in [-0.15, -0.1) is 0 Å². The first-order valence-corrected chi connectivity index (χ1v) is 10.7. The van der Waals surface area contributed by atoms with E-state index in [2.05, 4.69) is 24.8 Å². The van der Waals surface area contributed by atoms with E-state index in [1.54, 1.807) is 6.20 Å². The Morgan fingerprint density at radius 3 is 2.28 bits per heavy atom. The molecular weight excluding hydrogens is 366 g/mol. The lowest BCUT2D eigenvalue weighted by atomic mass is 10.2. The van der Waals surface area contributed by atoms with E-state index >= 15 is 0 Å². The molecule has 0 bridgehead atoms. The van der Waals surface area contributed by atoms with Gasteiger partial charge in [-0.3, -0.25) is 14.7 Å². The summed E-state index contributed by atoms with van der Waals surface area (Å²) in [5, 5.41) is 4.51. The van der Waals surface area contributed by atoms with E-state index in [0.717, 1.165) is 75.1 Å². The van der Waals surface area contributed by atoms with Gasteiger partial charge in [-0.05, 0) is 32.8 Å². The van der Waals surface area contributed by atoms with Crippen molar-refractivity contribution in [2.75, 3.05) is 50.7 Å². The predicted molar refractivity (Wildman–Crippen MR) is 112 cm³/mol. The Morgan fingerprint density at radius 1 is 0.931 bits per heavy atom. The van der Waals surface area contributed by atoms with E-state index in [-0.39, 0.29) is 5.91 Å². The Balaban J connectivity index is 1.34. The zero-order valence-corrected chi connectivity index (χ0v) is 17.5. The first-order valence-electron chi connectivity index (χ1n) is 10.7. The summed E-state index contributed by atoms with van der Waals surface area (Å²) in [5.74, 6) is 1.90. The fourth-order valence-electron chi connectivity index (χ4n) is 4.21. The Labute approximate surface area is 172 Å². The van der Waals surface area contributed by atoms with Crippen LogP contribution in [0.15, 0.2) is 18.5 Å². The molecule has 156 valence electrons. The molecule has 8 nitrogen and oxygen atoms in total. The summed E-state index contributed by atoms with van der Waals surface area (Å²) in [7, 11) is 0. The molecule has 29 heavy (non-hydrogen) atoms. The van der Waals surface area contributed by atoms with E-state index in [1.165, 1.54) is 12.8 Å². The molecule has 0 spiro atoms. The Hall–Kier alpha value is -2.48. The van der Waals surface area contributed by atoms with Gasteiger partial charge < -0.3 is 9.80 Å². The Kier molecular flexibility index (Phi) is 6.08. The van der Waals surface area contributed by atoms with Crippen molar-refractivity contribution in [3.63, 3.8) is 0 Å². The van der Waals surface area contributed by atoms with Crippen molar-refractivity contribution in [1.29, 1.82) is 0 Å². The van der Waals surface area contributed by atoms with Gasteiger partial charge in [-0.2, -0.15) is 5.10 Å². The van der Waals surface area contributed by atoms with Crippen LogP contribution in [0.25, 0.3) is 5.82 Å². The molecule has 2 fully saturated rings. The number of hydrogen-bond donors (Lipinski definition) is 0. The molecule has 0 aromatic carbocycles. The quantitative estimate of drug-likeness (QED) is 0.784. The van der Waals surface area contributed by atoms with Gasteiger partial charge in [0.2, 0.25) is 5.91 Å². The van der Waals surface area contributed by atoms with Gasteiger partial charge >= 0.3 is 0 Å². The number of carbonyl (C=O) groups excluding carboxylic acids is 1. The average Bonchev–Trinajstić information content (AvgIpc) is 2.92. The highest BCUT2D eigenvalue weighted by Gasteiger charge is 2.23. The molecule has 0 saturated carbocycles. The van der Waals surface area contributed by atoms with Crippen molar-refractivity contribution in [2.24, 2.45) is 0 Å². The van der Waals surface area contributed by atoms with Crippen LogP contribution < -0.4 is 4.90 Å². The Morgan fingerprint density at radius 2 is 1.62 bits per heavy atom. The molecule has 2 aliphatic heterocycles. The van der Waals surface area contributed by atoms with Crippen LogP contribution in [-0.2, 0) is 4.79 Å². The van der Waals surface area contributed by atoms with Gasteiger partial charge in [-0.1, -0.05) is 12.8 Å². The van der Waals surface area contributed by atoms with Crippen molar-refractivity contribution < 1.29 is 4.79 Å². The smallest absolute Gasteiger partial charge is 0.236 e. The number of aryl methyl sites for hydroxylation is 2. The summed E-state index contributed by atoms with van der Waals surface area (Å²) in [5.41, 5.74) is 2.02. The van der Waals surface area contributed by atoms with E-state index < -0.39 is 0 Å². The van der Waals surface area contributed by atoms with Gasteiger partial charge in [-0.25, -0.2) is 9.67 Å². The summed E-state index contributed by atoms with van der Waals surface area (Å²) in [6.45, 7) is 9.82. The molecule has 0 aliphatic carbocycles. The minimum Gasteiger partial charge on any atom is -0.353 e. The third-order valence-electron chi connectivity index (χ3n) is 5.85. The van der Waals surface area contributed by atoms with Gasteiger partial charge in [0.05, 0.1) is 24.6 Å². The molecule has 2 aromatic heterocycles. The number of anilines is 1. The maximum Gasteiger partial charge on any atom is 0.236 e. The topological polar surface area (TPSA) is 70.4 Å². The fraction of sp³-hybridized carbons (Fsp3) is 0.619. The maximum absolute atomic E-state index is 12.6. The lowest BCUT2D eigenvalue weighted by Gasteiger charge is -2.35. The number of carbonyl (C=O) groups is 1. The van der Waals surface area contributed by atoms with Crippen LogP contribution in [0.1, 0.15) is 37.1 Å². The number of nitrogens with zero attached hydrogens (tertiary/aromatic N) is 7. The third-order valence-corrected chi connectivity index (χ3v) is 5.85. The van der Waals surface area contributed by atoms with Crippen molar-refractivity contribution >= 4 is 11.7 Å². The molecule has 8 heteroatoms. The molecule has 0 atom stereocenters. The van der Waals surface area contributed by atoms with Crippen molar-refractivity contribution in [3.8, 4) is 5.82 Å². The summed E-state index contributed by atoms with van der Waals surface area (Å²) in [6.07, 6.45) is 8.35. The predicted octanol–water partition coefficient (Wildman–Crippen LogP) is 1.80. The zero-order valence-electron chi connectivity index (χ0n) is 17.5. The van der Waals surface area contributed by atoms with Gasteiger partial charge in [0, 0.05) is 45.0 Å². The summed E-state index contributed by atoms with van der Waals surface area (Å²) < 4.78 is 1.84.